The number of ether oxygens (including phenoxy) is 2. The molecule has 2 heterocycles. The highest BCUT2D eigenvalue weighted by atomic mass is 32.1. The summed E-state index contributed by atoms with van der Waals surface area (Å²) < 4.78 is 11.7. The molecule has 5 rings (SSSR count). The zero-order valence-corrected chi connectivity index (χ0v) is 21.8. The van der Waals surface area contributed by atoms with E-state index in [2.05, 4.69) is 4.98 Å². The first-order valence-electron chi connectivity index (χ1n) is 12.1. The summed E-state index contributed by atoms with van der Waals surface area (Å²) in [4.78, 5) is 43.4. The van der Waals surface area contributed by atoms with Gasteiger partial charge in [-0.15, -0.1) is 0 Å². The van der Waals surface area contributed by atoms with Crippen LogP contribution in [0.2, 0.25) is 0 Å². The lowest BCUT2D eigenvalue weighted by Gasteiger charge is -2.23. The molecule has 1 N–H and O–H groups in total. The molecule has 4 aromatic rings. The predicted molar refractivity (Wildman–Crippen MR) is 146 cm³/mol. The van der Waals surface area contributed by atoms with Gasteiger partial charge in [0.2, 0.25) is 0 Å². The maximum Gasteiger partial charge on any atom is 0.301 e. The molecule has 0 saturated carbocycles. The summed E-state index contributed by atoms with van der Waals surface area (Å²) in [6.07, 6.45) is 0.787. The van der Waals surface area contributed by atoms with Gasteiger partial charge in [-0.1, -0.05) is 30.4 Å². The van der Waals surface area contributed by atoms with Crippen LogP contribution in [0.3, 0.4) is 0 Å². The molecule has 1 aliphatic rings. The fourth-order valence-electron chi connectivity index (χ4n) is 4.35. The molecular weight excluding hydrogens is 522 g/mol. The van der Waals surface area contributed by atoms with E-state index in [1.807, 2.05) is 6.92 Å². The van der Waals surface area contributed by atoms with Gasteiger partial charge in [-0.3, -0.25) is 24.6 Å². The summed E-state index contributed by atoms with van der Waals surface area (Å²) in [6, 6.07) is 16.3. The first-order chi connectivity index (χ1) is 18.8. The number of thiazole rings is 1. The zero-order chi connectivity index (χ0) is 27.7. The number of aromatic nitrogens is 1. The van der Waals surface area contributed by atoms with Crippen LogP contribution in [0.15, 0.2) is 72.3 Å². The lowest BCUT2D eigenvalue weighted by molar-refractivity contribution is -0.384. The van der Waals surface area contributed by atoms with E-state index in [0.717, 1.165) is 11.1 Å². The van der Waals surface area contributed by atoms with Crippen LogP contribution in [0.1, 0.15) is 30.5 Å². The van der Waals surface area contributed by atoms with Gasteiger partial charge in [0.15, 0.2) is 5.13 Å². The van der Waals surface area contributed by atoms with E-state index in [1.165, 1.54) is 40.5 Å². The minimum Gasteiger partial charge on any atom is -0.507 e. The number of aliphatic hydroxyl groups is 1. The molecule has 3 aromatic carbocycles. The molecule has 0 spiro atoms. The first kappa shape index (κ1) is 25.9. The third kappa shape index (κ3) is 4.79. The molecule has 1 fully saturated rings. The molecule has 1 aromatic heterocycles. The van der Waals surface area contributed by atoms with Gasteiger partial charge in [0.05, 0.1) is 40.5 Å². The van der Waals surface area contributed by atoms with Crippen molar-refractivity contribution < 1.29 is 29.1 Å². The number of benzene rings is 3. The summed E-state index contributed by atoms with van der Waals surface area (Å²) in [6.45, 7) is 2.44. The Balaban J connectivity index is 1.68. The van der Waals surface area contributed by atoms with Crippen molar-refractivity contribution in [3.8, 4) is 11.5 Å². The fraction of sp³-hybridized carbons (Fsp3) is 0.179. The largest absolute Gasteiger partial charge is 0.507 e. The summed E-state index contributed by atoms with van der Waals surface area (Å²) in [5, 5.41) is 22.9. The number of non-ortho nitro benzene ring substituents is 1. The number of ketones is 1. The molecule has 1 aliphatic heterocycles. The van der Waals surface area contributed by atoms with E-state index in [4.69, 9.17) is 9.47 Å². The van der Waals surface area contributed by atoms with Crippen molar-refractivity contribution in [2.45, 2.75) is 19.4 Å². The van der Waals surface area contributed by atoms with Crippen LogP contribution < -0.4 is 14.4 Å². The van der Waals surface area contributed by atoms with Crippen LogP contribution in [0.25, 0.3) is 16.0 Å². The van der Waals surface area contributed by atoms with Crippen LogP contribution in [0.5, 0.6) is 11.5 Å². The molecule has 0 radical (unpaired) electrons. The molecular formula is C28H23N3O7S. The van der Waals surface area contributed by atoms with E-state index < -0.39 is 22.7 Å². The number of Topliss-reactive ketones (excluding diaryl/α,β-unsaturated/α-hetero) is 1. The molecule has 1 atom stereocenters. The maximum absolute atomic E-state index is 13.5. The van der Waals surface area contributed by atoms with Crippen molar-refractivity contribution in [1.82, 2.24) is 4.98 Å². The summed E-state index contributed by atoms with van der Waals surface area (Å²) in [7, 11) is 1.54. The van der Waals surface area contributed by atoms with Crippen molar-refractivity contribution >= 4 is 49.8 Å². The number of aliphatic hydroxyl groups excluding tert-OH is 1. The normalized spacial score (nSPS) is 16.6. The summed E-state index contributed by atoms with van der Waals surface area (Å²) in [5.41, 5.74) is 0.988. The van der Waals surface area contributed by atoms with Gasteiger partial charge in [-0.05, 0) is 54.4 Å². The molecule has 1 amide bonds. The Labute approximate surface area is 226 Å². The minimum absolute atomic E-state index is 0.149. The molecule has 0 bridgehead atoms. The smallest absolute Gasteiger partial charge is 0.301 e. The number of carbonyl (C=O) groups excluding carboxylic acids is 2. The number of methoxy groups -OCH3 is 1. The Morgan fingerprint density at radius 1 is 1.10 bits per heavy atom. The number of hydrogen-bond acceptors (Lipinski definition) is 9. The summed E-state index contributed by atoms with van der Waals surface area (Å²) >= 11 is 1.19. The number of nitro benzene ring substituents is 1. The molecule has 11 heteroatoms. The van der Waals surface area contributed by atoms with Crippen LogP contribution in [0, 0.1) is 10.1 Å². The average molecular weight is 546 g/mol. The highest BCUT2D eigenvalue weighted by molar-refractivity contribution is 7.22. The maximum atomic E-state index is 13.5. The number of hydrogen-bond donors (Lipinski definition) is 1. The molecule has 10 nitrogen and oxygen atoms in total. The second-order valence-electron chi connectivity index (χ2n) is 8.72. The van der Waals surface area contributed by atoms with Crippen LogP contribution in [-0.4, -0.2) is 40.4 Å². The second-order valence-corrected chi connectivity index (χ2v) is 9.73. The second kappa shape index (κ2) is 10.5. The standard InChI is InChI=1S/C28H23N3O7S/c1-3-13-38-20-6-4-5-17(14-20)25(32)23-24(16-7-9-18(10-8-16)31(35)36)30(27(34)26(23)33)28-29-21-12-11-19(37-2)15-22(21)39-28/h4-12,14-15,24,32H,3,13H2,1-2H3/b25-23+. The molecule has 39 heavy (non-hydrogen) atoms. The molecule has 198 valence electrons. The monoisotopic (exact) mass is 545 g/mol. The van der Waals surface area contributed by atoms with Gasteiger partial charge in [0.25, 0.3) is 11.5 Å². The van der Waals surface area contributed by atoms with E-state index in [0.29, 0.717) is 34.7 Å². The molecule has 0 aliphatic carbocycles. The number of nitrogens with zero attached hydrogens (tertiary/aromatic N) is 3. The number of rotatable bonds is 8. The van der Waals surface area contributed by atoms with Crippen LogP contribution in [-0.2, 0) is 9.59 Å². The minimum atomic E-state index is -1.08. The summed E-state index contributed by atoms with van der Waals surface area (Å²) in [5.74, 6) is -1.04. The lowest BCUT2D eigenvalue weighted by atomic mass is 9.95. The highest BCUT2D eigenvalue weighted by Crippen LogP contribution is 2.45. The Bertz CT molecular complexity index is 1630. The van der Waals surface area contributed by atoms with E-state index >= 15 is 0 Å². The molecule has 1 unspecified atom stereocenters. The van der Waals surface area contributed by atoms with Gasteiger partial charge in [0, 0.05) is 17.7 Å². The van der Waals surface area contributed by atoms with Crippen molar-refractivity contribution in [3.63, 3.8) is 0 Å². The number of nitro groups is 1. The van der Waals surface area contributed by atoms with Crippen molar-refractivity contribution in [2.75, 3.05) is 18.6 Å². The lowest BCUT2D eigenvalue weighted by Crippen LogP contribution is -2.29. The SMILES string of the molecule is CCCOc1cccc(/C(O)=C2\C(=O)C(=O)N(c3nc4ccc(OC)cc4s3)C2c2ccc([N+](=O)[O-])cc2)c1. The predicted octanol–water partition coefficient (Wildman–Crippen LogP) is 5.63. The van der Waals surface area contributed by atoms with Crippen LogP contribution >= 0.6 is 11.3 Å². The Hall–Kier alpha value is -4.77. The van der Waals surface area contributed by atoms with E-state index in [9.17, 15) is 24.8 Å². The zero-order valence-electron chi connectivity index (χ0n) is 21.0. The van der Waals surface area contributed by atoms with Gasteiger partial charge < -0.3 is 14.6 Å². The van der Waals surface area contributed by atoms with Crippen molar-refractivity contribution in [3.05, 3.63) is 93.5 Å². The number of anilines is 1. The number of carbonyl (C=O) groups is 2. The van der Waals surface area contributed by atoms with Crippen molar-refractivity contribution in [1.29, 1.82) is 0 Å². The van der Waals surface area contributed by atoms with Gasteiger partial charge >= 0.3 is 5.91 Å². The van der Waals surface area contributed by atoms with E-state index in [1.54, 1.807) is 49.6 Å². The fourth-order valence-corrected chi connectivity index (χ4v) is 5.38. The Kier molecular flexibility index (Phi) is 6.99. The Morgan fingerprint density at radius 2 is 1.87 bits per heavy atom. The van der Waals surface area contributed by atoms with Crippen molar-refractivity contribution in [2.24, 2.45) is 0 Å². The Morgan fingerprint density at radius 3 is 2.56 bits per heavy atom. The van der Waals surface area contributed by atoms with Gasteiger partial charge in [0.1, 0.15) is 17.3 Å². The third-order valence-corrected chi connectivity index (χ3v) is 7.25. The third-order valence-electron chi connectivity index (χ3n) is 6.23. The average Bonchev–Trinajstić information content (AvgIpc) is 3.49. The highest BCUT2D eigenvalue weighted by Gasteiger charge is 2.48. The molecule has 1 saturated heterocycles. The first-order valence-corrected chi connectivity index (χ1v) is 12.9. The topological polar surface area (TPSA) is 132 Å². The number of fused-ring (bicyclic) bond motifs is 1. The van der Waals surface area contributed by atoms with Gasteiger partial charge in [-0.25, -0.2) is 4.98 Å². The number of amides is 1. The van der Waals surface area contributed by atoms with Crippen LogP contribution in [0.4, 0.5) is 10.8 Å². The van der Waals surface area contributed by atoms with Gasteiger partial charge in [-0.2, -0.15) is 0 Å². The van der Waals surface area contributed by atoms with E-state index in [-0.39, 0.29) is 22.2 Å². The quantitative estimate of drug-likeness (QED) is 0.0991.